The summed E-state index contributed by atoms with van der Waals surface area (Å²) in [5, 5.41) is 9.37. The number of carbonyl (C=O) groups is 2. The number of alkyl halides is 3. The Kier molecular flexibility index (Phi) is 5.67. The number of nitrogens with one attached hydrogen (secondary N) is 3. The van der Waals surface area contributed by atoms with Gasteiger partial charge in [-0.1, -0.05) is 5.16 Å². The SMILES string of the molecule is C[C@H](NC(=O)c1ncnc2c1CN(C)CC(=O)N2)c1cc(-c2nc3ccc(C(F)(F)F)cc3[nH]2)no1. The summed E-state index contributed by atoms with van der Waals surface area (Å²) in [5.41, 5.74) is 0.595. The molecule has 0 saturated carbocycles. The summed E-state index contributed by atoms with van der Waals surface area (Å²) < 4.78 is 44.3. The Morgan fingerprint density at radius 2 is 2.03 bits per heavy atom. The Bertz CT molecular complexity index is 1480. The fourth-order valence-electron chi connectivity index (χ4n) is 3.86. The lowest BCUT2D eigenvalue weighted by atomic mass is 10.1. The van der Waals surface area contributed by atoms with Crippen LogP contribution >= 0.6 is 0 Å². The number of likely N-dealkylation sites (N-methyl/N-ethyl adjacent to an activating group) is 1. The minimum atomic E-state index is -4.47. The molecule has 2 amide bonds. The molecular weight excluding hydrogens is 481 g/mol. The number of aromatic amines is 1. The van der Waals surface area contributed by atoms with Gasteiger partial charge in [0, 0.05) is 18.2 Å². The number of hydrogen-bond acceptors (Lipinski definition) is 8. The van der Waals surface area contributed by atoms with E-state index in [1.807, 2.05) is 0 Å². The van der Waals surface area contributed by atoms with Crippen LogP contribution in [0.5, 0.6) is 0 Å². The van der Waals surface area contributed by atoms with Gasteiger partial charge in [-0.05, 0) is 32.2 Å². The van der Waals surface area contributed by atoms with Gasteiger partial charge in [-0.25, -0.2) is 15.0 Å². The standard InChI is InChI=1S/C22H19F3N8O3/c1-10(28-21(35)18-12-7-33(2)8-17(34)31-19(12)27-9-26-18)16-6-15(32-36-16)20-29-13-4-3-11(22(23,24)25)5-14(13)30-20/h3-6,9-10H,7-8H2,1-2H3,(H,28,35)(H,29,30)(H,26,27,31,34)/t10-/m0/s1. The number of benzene rings is 1. The third-order valence-electron chi connectivity index (χ3n) is 5.61. The fraction of sp³-hybridized carbons (Fsp3) is 0.273. The number of rotatable bonds is 4. The Morgan fingerprint density at radius 3 is 2.81 bits per heavy atom. The minimum Gasteiger partial charge on any atom is -0.358 e. The number of H-pyrrole nitrogens is 1. The first kappa shape index (κ1) is 23.4. The van der Waals surface area contributed by atoms with Gasteiger partial charge in [0.15, 0.2) is 11.6 Å². The molecule has 4 aromatic rings. The van der Waals surface area contributed by atoms with Gasteiger partial charge < -0.3 is 20.1 Å². The molecule has 14 heteroatoms. The average molecular weight is 500 g/mol. The second-order valence-electron chi connectivity index (χ2n) is 8.39. The summed E-state index contributed by atoms with van der Waals surface area (Å²) in [4.78, 5) is 41.9. The van der Waals surface area contributed by atoms with Crippen molar-refractivity contribution in [1.29, 1.82) is 0 Å². The normalized spacial score (nSPS) is 15.3. The summed E-state index contributed by atoms with van der Waals surface area (Å²) in [7, 11) is 1.74. The third kappa shape index (κ3) is 4.49. The Morgan fingerprint density at radius 1 is 1.22 bits per heavy atom. The number of anilines is 1. The van der Waals surface area contributed by atoms with Crippen LogP contribution in [0.4, 0.5) is 19.0 Å². The largest absolute Gasteiger partial charge is 0.416 e. The maximum Gasteiger partial charge on any atom is 0.416 e. The van der Waals surface area contributed by atoms with Crippen molar-refractivity contribution in [2.45, 2.75) is 25.7 Å². The van der Waals surface area contributed by atoms with Gasteiger partial charge in [0.1, 0.15) is 23.5 Å². The fourth-order valence-corrected chi connectivity index (χ4v) is 3.86. The number of imidazole rings is 1. The van der Waals surface area contributed by atoms with Crippen LogP contribution in [0.25, 0.3) is 22.6 Å². The molecule has 36 heavy (non-hydrogen) atoms. The summed E-state index contributed by atoms with van der Waals surface area (Å²) in [6, 6.07) is 4.09. The predicted molar refractivity (Wildman–Crippen MR) is 119 cm³/mol. The molecule has 3 aromatic heterocycles. The topological polar surface area (TPSA) is 142 Å². The molecule has 1 aliphatic rings. The van der Waals surface area contributed by atoms with Crippen LogP contribution in [0.3, 0.4) is 0 Å². The maximum atomic E-state index is 13.0. The van der Waals surface area contributed by atoms with Crippen LogP contribution in [0.1, 0.15) is 40.3 Å². The first-order chi connectivity index (χ1) is 17.1. The molecule has 186 valence electrons. The third-order valence-corrected chi connectivity index (χ3v) is 5.61. The molecule has 0 unspecified atom stereocenters. The molecule has 5 rings (SSSR count). The second kappa shape index (κ2) is 8.71. The molecule has 0 radical (unpaired) electrons. The number of carbonyl (C=O) groups excluding carboxylic acids is 2. The van der Waals surface area contributed by atoms with Crippen molar-refractivity contribution in [3.8, 4) is 11.5 Å². The molecule has 0 saturated heterocycles. The van der Waals surface area contributed by atoms with Gasteiger partial charge in [0.2, 0.25) is 5.91 Å². The molecule has 0 spiro atoms. The average Bonchev–Trinajstić information content (AvgIpc) is 3.42. The van der Waals surface area contributed by atoms with Crippen LogP contribution < -0.4 is 10.6 Å². The smallest absolute Gasteiger partial charge is 0.358 e. The van der Waals surface area contributed by atoms with Crippen LogP contribution in [0.15, 0.2) is 35.1 Å². The molecule has 11 nitrogen and oxygen atoms in total. The van der Waals surface area contributed by atoms with E-state index in [0.717, 1.165) is 12.1 Å². The van der Waals surface area contributed by atoms with E-state index in [1.165, 1.54) is 18.5 Å². The summed E-state index contributed by atoms with van der Waals surface area (Å²) in [5.74, 6) is 0.0342. The summed E-state index contributed by atoms with van der Waals surface area (Å²) >= 11 is 0. The van der Waals surface area contributed by atoms with Crippen molar-refractivity contribution in [2.75, 3.05) is 18.9 Å². The monoisotopic (exact) mass is 500 g/mol. The highest BCUT2D eigenvalue weighted by atomic mass is 19.4. The van der Waals surface area contributed by atoms with E-state index in [2.05, 4.69) is 35.7 Å². The van der Waals surface area contributed by atoms with Crippen molar-refractivity contribution in [3.05, 3.63) is 53.2 Å². The lowest BCUT2D eigenvalue weighted by Gasteiger charge is -2.15. The zero-order valence-corrected chi connectivity index (χ0v) is 19.0. The number of amides is 2. The lowest BCUT2D eigenvalue weighted by molar-refractivity contribution is -0.137. The highest BCUT2D eigenvalue weighted by Gasteiger charge is 2.31. The molecular formula is C22H19F3N8O3. The first-order valence-corrected chi connectivity index (χ1v) is 10.8. The highest BCUT2D eigenvalue weighted by molar-refractivity contribution is 5.98. The minimum absolute atomic E-state index is 0.110. The van der Waals surface area contributed by atoms with Crippen LogP contribution in [-0.4, -0.2) is 55.4 Å². The van der Waals surface area contributed by atoms with Crippen molar-refractivity contribution in [1.82, 2.24) is 35.3 Å². The summed E-state index contributed by atoms with van der Waals surface area (Å²) in [6.07, 6.45) is -3.28. The highest BCUT2D eigenvalue weighted by Crippen LogP contribution is 2.32. The molecule has 0 fully saturated rings. The van der Waals surface area contributed by atoms with Gasteiger partial charge in [0.25, 0.3) is 5.91 Å². The molecule has 3 N–H and O–H groups in total. The quantitative estimate of drug-likeness (QED) is 0.388. The number of hydrogen-bond donors (Lipinski definition) is 3. The van der Waals surface area contributed by atoms with Crippen LogP contribution in [0, 0.1) is 0 Å². The van der Waals surface area contributed by atoms with E-state index in [0.29, 0.717) is 23.4 Å². The van der Waals surface area contributed by atoms with Gasteiger partial charge in [-0.15, -0.1) is 0 Å². The molecule has 1 aromatic carbocycles. The van der Waals surface area contributed by atoms with Crippen molar-refractivity contribution in [2.24, 2.45) is 0 Å². The number of halogens is 3. The molecule has 1 aliphatic heterocycles. The van der Waals surface area contributed by atoms with E-state index in [9.17, 15) is 22.8 Å². The van der Waals surface area contributed by atoms with Crippen LogP contribution in [0.2, 0.25) is 0 Å². The van der Waals surface area contributed by atoms with Gasteiger partial charge in [-0.2, -0.15) is 13.2 Å². The van der Waals surface area contributed by atoms with Gasteiger partial charge >= 0.3 is 6.18 Å². The van der Waals surface area contributed by atoms with Crippen LogP contribution in [-0.2, 0) is 17.5 Å². The number of fused-ring (bicyclic) bond motifs is 2. The Hall–Kier alpha value is -4.33. The van der Waals surface area contributed by atoms with Gasteiger partial charge in [-0.3, -0.25) is 14.5 Å². The molecule has 4 heterocycles. The van der Waals surface area contributed by atoms with Gasteiger partial charge in [0.05, 0.1) is 29.2 Å². The summed E-state index contributed by atoms with van der Waals surface area (Å²) in [6.45, 7) is 2.11. The molecule has 1 atom stereocenters. The van der Waals surface area contributed by atoms with Crippen molar-refractivity contribution < 1.29 is 27.3 Å². The van der Waals surface area contributed by atoms with E-state index < -0.39 is 23.7 Å². The number of nitrogens with zero attached hydrogens (tertiary/aromatic N) is 5. The van der Waals surface area contributed by atoms with E-state index in [-0.39, 0.29) is 41.0 Å². The molecule has 0 bridgehead atoms. The zero-order valence-electron chi connectivity index (χ0n) is 19.0. The molecule has 0 aliphatic carbocycles. The van der Waals surface area contributed by atoms with Crippen molar-refractivity contribution >= 4 is 28.7 Å². The Labute approximate surface area is 201 Å². The van der Waals surface area contributed by atoms with Crippen molar-refractivity contribution in [3.63, 3.8) is 0 Å². The predicted octanol–water partition coefficient (Wildman–Crippen LogP) is 2.90. The lowest BCUT2D eigenvalue weighted by Crippen LogP contribution is -2.29. The Balaban J connectivity index is 1.35. The number of aromatic nitrogens is 5. The first-order valence-electron chi connectivity index (χ1n) is 10.8. The maximum absolute atomic E-state index is 13.0. The van der Waals surface area contributed by atoms with E-state index in [4.69, 9.17) is 4.52 Å². The van der Waals surface area contributed by atoms with E-state index >= 15 is 0 Å². The second-order valence-corrected chi connectivity index (χ2v) is 8.39. The van der Waals surface area contributed by atoms with E-state index in [1.54, 1.807) is 18.9 Å². The zero-order chi connectivity index (χ0) is 25.6.